The molecule has 1 aromatic heterocycles. The summed E-state index contributed by atoms with van der Waals surface area (Å²) in [7, 11) is 1.81. The number of alkyl halides is 3. The Morgan fingerprint density at radius 2 is 1.78 bits per heavy atom. The number of halogens is 3. The van der Waals surface area contributed by atoms with E-state index < -0.39 is 11.9 Å². The summed E-state index contributed by atoms with van der Waals surface area (Å²) < 4.78 is 54.4. The van der Waals surface area contributed by atoms with Gasteiger partial charge in [-0.2, -0.15) is 13.2 Å². The molecular weight excluding hydrogens is 419 g/mol. The molecule has 0 bridgehead atoms. The number of hydrogen-bond donors (Lipinski definition) is 0. The third-order valence-corrected chi connectivity index (χ3v) is 5.42. The van der Waals surface area contributed by atoms with Crippen LogP contribution in [0.15, 0.2) is 48.5 Å². The zero-order chi connectivity index (χ0) is 22.7. The highest BCUT2D eigenvalue weighted by Gasteiger charge is 2.39. The summed E-state index contributed by atoms with van der Waals surface area (Å²) in [5.41, 5.74) is 0.991. The van der Waals surface area contributed by atoms with Gasteiger partial charge in [0.1, 0.15) is 5.82 Å². The van der Waals surface area contributed by atoms with Gasteiger partial charge in [-0.3, -0.25) is 4.90 Å². The molecular formula is C24H26F3N3O2. The predicted octanol–water partition coefficient (Wildman–Crippen LogP) is 5.73. The summed E-state index contributed by atoms with van der Waals surface area (Å²) in [5.74, 6) is 1.70. The van der Waals surface area contributed by atoms with Gasteiger partial charge in [-0.25, -0.2) is 4.98 Å². The summed E-state index contributed by atoms with van der Waals surface area (Å²) in [5, 5.41) is 0. The van der Waals surface area contributed by atoms with E-state index in [0.29, 0.717) is 36.0 Å². The van der Waals surface area contributed by atoms with Crippen LogP contribution in [0.1, 0.15) is 36.7 Å². The lowest BCUT2D eigenvalue weighted by Gasteiger charge is -2.20. The van der Waals surface area contributed by atoms with E-state index in [0.717, 1.165) is 18.4 Å². The van der Waals surface area contributed by atoms with Crippen molar-refractivity contribution in [3.05, 3.63) is 65.5 Å². The molecule has 0 fully saturated rings. The van der Waals surface area contributed by atoms with Gasteiger partial charge in [-0.1, -0.05) is 49.7 Å². The smallest absolute Gasteiger partial charge is 0.435 e. The van der Waals surface area contributed by atoms with Crippen LogP contribution in [-0.4, -0.2) is 28.3 Å². The van der Waals surface area contributed by atoms with Gasteiger partial charge < -0.3 is 14.0 Å². The molecule has 2 aromatic carbocycles. The van der Waals surface area contributed by atoms with E-state index in [9.17, 15) is 13.2 Å². The molecule has 5 nitrogen and oxygen atoms in total. The van der Waals surface area contributed by atoms with Crippen LogP contribution in [0.5, 0.6) is 11.5 Å². The van der Waals surface area contributed by atoms with E-state index >= 15 is 0 Å². The Bertz CT molecular complexity index is 1060. The van der Waals surface area contributed by atoms with Gasteiger partial charge in [0.15, 0.2) is 17.2 Å². The summed E-state index contributed by atoms with van der Waals surface area (Å²) in [4.78, 5) is 5.95. The second-order valence-electron chi connectivity index (χ2n) is 7.96. The molecule has 0 saturated heterocycles. The minimum Gasteiger partial charge on any atom is -0.454 e. The summed E-state index contributed by atoms with van der Waals surface area (Å²) in [6.07, 6.45) is -2.89. The Morgan fingerprint density at radius 1 is 1.03 bits per heavy atom. The zero-order valence-corrected chi connectivity index (χ0v) is 18.2. The lowest BCUT2D eigenvalue weighted by Crippen LogP contribution is -2.22. The highest BCUT2D eigenvalue weighted by molar-refractivity contribution is 5.57. The van der Waals surface area contributed by atoms with Crippen molar-refractivity contribution in [2.75, 3.05) is 13.8 Å². The SMILES string of the molecule is CCCCn1c(-c2ccccc2)nc(C(F)(F)F)c1CN(C)Cc1ccc2c(c1)OCO2. The fraction of sp³-hybridized carbons (Fsp3) is 0.375. The second-order valence-corrected chi connectivity index (χ2v) is 7.96. The summed E-state index contributed by atoms with van der Waals surface area (Å²) in [6, 6.07) is 14.7. The van der Waals surface area contributed by atoms with Gasteiger partial charge in [0.2, 0.25) is 6.79 Å². The average molecular weight is 445 g/mol. The highest BCUT2D eigenvalue weighted by Crippen LogP contribution is 2.36. The third kappa shape index (κ3) is 4.75. The first kappa shape index (κ1) is 22.2. The van der Waals surface area contributed by atoms with Crippen LogP contribution in [0.4, 0.5) is 13.2 Å². The lowest BCUT2D eigenvalue weighted by atomic mass is 10.2. The van der Waals surface area contributed by atoms with Gasteiger partial charge in [0.25, 0.3) is 0 Å². The predicted molar refractivity (Wildman–Crippen MR) is 115 cm³/mol. The van der Waals surface area contributed by atoms with Gasteiger partial charge in [-0.15, -0.1) is 0 Å². The summed E-state index contributed by atoms with van der Waals surface area (Å²) >= 11 is 0. The topological polar surface area (TPSA) is 39.5 Å². The number of aromatic nitrogens is 2. The number of rotatable bonds is 8. The van der Waals surface area contributed by atoms with Crippen LogP contribution >= 0.6 is 0 Å². The standard InChI is InChI=1S/C24H26F3N3O2/c1-3-4-12-30-19(15-29(2)14-17-10-11-20-21(13-17)32-16-31-20)22(24(25,26)27)28-23(30)18-8-6-5-7-9-18/h5-11,13H,3-4,12,14-16H2,1-2H3. The molecule has 4 rings (SSSR count). The number of benzene rings is 2. The van der Waals surface area contributed by atoms with Crippen LogP contribution in [0.2, 0.25) is 0 Å². The minimum absolute atomic E-state index is 0.118. The number of ether oxygens (including phenoxy) is 2. The number of imidazole rings is 1. The van der Waals surface area contributed by atoms with Crippen molar-refractivity contribution in [1.82, 2.24) is 14.5 Å². The molecule has 0 N–H and O–H groups in total. The Hall–Kier alpha value is -3.00. The van der Waals surface area contributed by atoms with Gasteiger partial charge >= 0.3 is 6.18 Å². The lowest BCUT2D eigenvalue weighted by molar-refractivity contribution is -0.141. The molecule has 0 aliphatic carbocycles. The van der Waals surface area contributed by atoms with Crippen LogP contribution in [0, 0.1) is 0 Å². The fourth-order valence-electron chi connectivity index (χ4n) is 3.90. The number of unbranched alkanes of at least 4 members (excludes halogenated alkanes) is 1. The van der Waals surface area contributed by atoms with Crippen molar-refractivity contribution in [1.29, 1.82) is 0 Å². The molecule has 32 heavy (non-hydrogen) atoms. The monoisotopic (exact) mass is 445 g/mol. The van der Waals surface area contributed by atoms with E-state index in [4.69, 9.17) is 9.47 Å². The first-order chi connectivity index (χ1) is 15.4. The Morgan fingerprint density at radius 3 is 2.50 bits per heavy atom. The molecule has 3 aromatic rings. The van der Waals surface area contributed by atoms with E-state index in [2.05, 4.69) is 4.98 Å². The molecule has 0 unspecified atom stereocenters. The molecule has 170 valence electrons. The van der Waals surface area contributed by atoms with Gasteiger partial charge in [0.05, 0.1) is 5.69 Å². The quantitative estimate of drug-likeness (QED) is 0.444. The maximum atomic E-state index is 14.0. The van der Waals surface area contributed by atoms with Crippen molar-refractivity contribution >= 4 is 0 Å². The van der Waals surface area contributed by atoms with Crippen LogP contribution in [0.25, 0.3) is 11.4 Å². The second kappa shape index (κ2) is 9.24. The maximum Gasteiger partial charge on any atom is 0.435 e. The summed E-state index contributed by atoms with van der Waals surface area (Å²) in [6.45, 7) is 3.27. The first-order valence-electron chi connectivity index (χ1n) is 10.7. The van der Waals surface area contributed by atoms with Crippen molar-refractivity contribution < 1.29 is 22.6 Å². The number of fused-ring (bicyclic) bond motifs is 1. The van der Waals surface area contributed by atoms with Crippen molar-refractivity contribution in [2.24, 2.45) is 0 Å². The molecule has 2 heterocycles. The van der Waals surface area contributed by atoms with Crippen LogP contribution in [0.3, 0.4) is 0 Å². The first-order valence-corrected chi connectivity index (χ1v) is 10.7. The molecule has 8 heteroatoms. The Balaban J connectivity index is 1.67. The molecule has 0 radical (unpaired) electrons. The van der Waals surface area contributed by atoms with Gasteiger partial charge in [-0.05, 0) is 31.2 Å². The van der Waals surface area contributed by atoms with Crippen molar-refractivity contribution in [2.45, 2.75) is 45.6 Å². The number of nitrogens with zero attached hydrogens (tertiary/aromatic N) is 3. The molecule has 1 aliphatic heterocycles. The third-order valence-electron chi connectivity index (χ3n) is 5.42. The molecule has 1 aliphatic rings. The fourth-order valence-corrected chi connectivity index (χ4v) is 3.90. The zero-order valence-electron chi connectivity index (χ0n) is 18.2. The van der Waals surface area contributed by atoms with Crippen LogP contribution in [-0.2, 0) is 25.8 Å². The molecule has 0 saturated carbocycles. The highest BCUT2D eigenvalue weighted by atomic mass is 19.4. The maximum absolute atomic E-state index is 14.0. The average Bonchev–Trinajstić information content (AvgIpc) is 3.37. The van der Waals surface area contributed by atoms with Crippen LogP contribution < -0.4 is 9.47 Å². The largest absolute Gasteiger partial charge is 0.454 e. The van der Waals surface area contributed by atoms with E-state index in [1.165, 1.54) is 0 Å². The van der Waals surface area contributed by atoms with Crippen molar-refractivity contribution in [3.8, 4) is 22.9 Å². The Kier molecular flexibility index (Phi) is 6.41. The van der Waals surface area contributed by atoms with E-state index in [-0.39, 0.29) is 19.0 Å². The number of hydrogen-bond acceptors (Lipinski definition) is 4. The van der Waals surface area contributed by atoms with E-state index in [1.807, 2.05) is 55.3 Å². The Labute approximate surface area is 185 Å². The van der Waals surface area contributed by atoms with Gasteiger partial charge in [0, 0.05) is 25.2 Å². The van der Waals surface area contributed by atoms with Crippen molar-refractivity contribution in [3.63, 3.8) is 0 Å². The molecule has 0 amide bonds. The van der Waals surface area contributed by atoms with E-state index in [1.54, 1.807) is 16.7 Å². The molecule has 0 atom stereocenters. The minimum atomic E-state index is -4.53. The molecule has 0 spiro atoms. The normalized spacial score (nSPS) is 13.2.